The Labute approximate surface area is 416 Å². The van der Waals surface area contributed by atoms with E-state index in [4.69, 9.17) is 27.1 Å². The van der Waals surface area contributed by atoms with Crippen LogP contribution in [-0.2, 0) is 34.4 Å². The van der Waals surface area contributed by atoms with Crippen molar-refractivity contribution in [2.75, 3.05) is 53.7 Å². The van der Waals surface area contributed by atoms with Crippen LogP contribution in [0.5, 0.6) is 11.5 Å². The largest absolute Gasteiger partial charge is 1.00 e. The second-order valence-electron chi connectivity index (χ2n) is 15.6. The van der Waals surface area contributed by atoms with Crippen LogP contribution < -0.4 is 47.6 Å². The zero-order valence-electron chi connectivity index (χ0n) is 39.8. The van der Waals surface area contributed by atoms with Crippen LogP contribution in [0.4, 0.5) is 22.7 Å². The summed E-state index contributed by atoms with van der Waals surface area (Å²) in [6.07, 6.45) is 11.2. The number of methoxy groups -OCH3 is 3. The average Bonchev–Trinajstić information content (AvgIpc) is 3.30. The quantitative estimate of drug-likeness (QED) is 0.0558. The molecule has 0 saturated carbocycles. The van der Waals surface area contributed by atoms with Crippen molar-refractivity contribution in [1.29, 1.82) is 0 Å². The van der Waals surface area contributed by atoms with Crippen LogP contribution in [0.2, 0.25) is 0 Å². The number of aryl methyl sites for hydroxylation is 2. The third-order valence-corrected chi connectivity index (χ3v) is 13.7. The first-order valence-corrected chi connectivity index (χ1v) is 23.9. The molecule has 0 spiro atoms. The van der Waals surface area contributed by atoms with E-state index in [1.54, 1.807) is 63.2 Å². The molecule has 15 nitrogen and oxygen atoms in total. The number of benzene rings is 6. The van der Waals surface area contributed by atoms with Crippen LogP contribution >= 0.6 is 0 Å². The van der Waals surface area contributed by atoms with E-state index in [0.29, 0.717) is 39.2 Å². The van der Waals surface area contributed by atoms with Crippen LogP contribution in [0.15, 0.2) is 119 Å². The number of terminal acetylenes is 2. The number of nitrogens with one attached hydrogen (secondary N) is 2. The van der Waals surface area contributed by atoms with E-state index >= 15 is 0 Å². The fourth-order valence-corrected chi connectivity index (χ4v) is 9.97. The molecule has 0 unspecified atom stereocenters. The van der Waals surface area contributed by atoms with Crippen molar-refractivity contribution in [3.8, 4) is 36.2 Å². The summed E-state index contributed by atoms with van der Waals surface area (Å²) in [6.45, 7) is 7.75. The normalized spacial score (nSPS) is 11.7. The molecular formula is C51H55LiN4O11S2. The number of carboxylic acid groups (broad SMARTS) is 1. The maximum absolute atomic E-state index is 13.1. The number of esters is 1. The van der Waals surface area contributed by atoms with Crippen molar-refractivity contribution < 1.29 is 70.1 Å². The van der Waals surface area contributed by atoms with Gasteiger partial charge in [-0.15, -0.1) is 12.8 Å². The summed E-state index contributed by atoms with van der Waals surface area (Å²) in [4.78, 5) is 27.1. The molecule has 6 aromatic rings. The van der Waals surface area contributed by atoms with E-state index in [1.165, 1.54) is 33.5 Å². The zero-order chi connectivity index (χ0) is 49.1. The minimum Gasteiger partial charge on any atom is -0.870 e. The Morgan fingerprint density at radius 2 is 1.00 bits per heavy atom. The summed E-state index contributed by atoms with van der Waals surface area (Å²) in [5.41, 5.74) is 3.81. The number of rotatable bonds is 18. The number of hydrogen-bond donors (Lipinski definition) is 3. The van der Waals surface area contributed by atoms with E-state index in [-0.39, 0.29) is 78.1 Å². The molecule has 0 heterocycles. The predicted octanol–water partition coefficient (Wildman–Crippen LogP) is 5.44. The van der Waals surface area contributed by atoms with E-state index in [9.17, 15) is 31.5 Å². The molecule has 358 valence electrons. The second-order valence-corrected chi connectivity index (χ2v) is 18.9. The number of carboxylic acids is 1. The third-order valence-electron chi connectivity index (χ3n) is 11.0. The van der Waals surface area contributed by atoms with Crippen LogP contribution in [0.25, 0.3) is 21.5 Å². The topological polar surface area (TPSA) is 211 Å². The molecule has 0 aliphatic heterocycles. The van der Waals surface area contributed by atoms with E-state index in [2.05, 4.69) is 21.3 Å². The number of anilines is 4. The van der Waals surface area contributed by atoms with Gasteiger partial charge in [0.2, 0.25) is 0 Å². The number of fused-ring (bicyclic) bond motifs is 2. The van der Waals surface area contributed by atoms with Crippen molar-refractivity contribution in [3.05, 3.63) is 120 Å². The van der Waals surface area contributed by atoms with E-state index in [1.807, 2.05) is 71.3 Å². The standard InChI is InChI=1S/C26H28N2O5S.C25H26N2O5S.Li.H2O/c1-6-15-28(19(3)17-26(29)33-5)24-13-12-23(21-9-7-8-10-22(21)24)27-34(30,31)20-11-14-25(32-4)18(2)16-20;1-5-14-27(18(3)16-25(28)29)23-12-11-22(20-8-6-7-9-21(20)23)26-33(30,31)19-10-13-24(32-4)17(2)15-19;;/h1,7-14,16,19,27H,15,17H2,2-5H3;1,6-13,15,18,26H,14,16H2,2-4H3,(H,28,29);;1H2/q;;+1;/p-1/t19-;18-;;/m00../s1. The summed E-state index contributed by atoms with van der Waals surface area (Å²) >= 11 is 0. The number of hydrogen-bond acceptors (Lipinski definition) is 12. The molecule has 0 bridgehead atoms. The molecule has 0 aromatic heterocycles. The Morgan fingerprint density at radius 1 is 0.623 bits per heavy atom. The second kappa shape index (κ2) is 25.0. The van der Waals surface area contributed by atoms with Crippen molar-refractivity contribution >= 4 is 76.3 Å². The van der Waals surface area contributed by atoms with Gasteiger partial charge >= 0.3 is 30.8 Å². The number of sulfonamides is 2. The summed E-state index contributed by atoms with van der Waals surface area (Å²) in [6, 6.07) is 30.5. The van der Waals surface area contributed by atoms with Crippen molar-refractivity contribution in [1.82, 2.24) is 0 Å². The number of ether oxygens (including phenoxy) is 3. The van der Waals surface area contributed by atoms with Crippen LogP contribution in [0.3, 0.4) is 0 Å². The number of carbonyl (C=O) groups is 2. The SMILES string of the molecule is C#CCN(c1ccc(NS(=O)(=O)c2ccc(OC)c(C)c2)c2ccccc12)[C@@H](C)CC(=O)O.C#CCN(c1ccc(NS(=O)(=O)c2ccc(OC)c(C)c2)c2ccccc12)[C@@H](C)CC(=O)OC.[Li+].[OH-]. The average molecular weight is 971 g/mol. The van der Waals surface area contributed by atoms with Gasteiger partial charge in [-0.3, -0.25) is 19.0 Å². The van der Waals surface area contributed by atoms with Gasteiger partial charge < -0.3 is 34.6 Å². The van der Waals surface area contributed by atoms with Gasteiger partial charge in [-0.05, 0) is 99.5 Å². The maximum Gasteiger partial charge on any atom is 1.00 e. The molecule has 0 aliphatic rings. The molecule has 0 radical (unpaired) electrons. The molecule has 6 aromatic carbocycles. The van der Waals surface area contributed by atoms with Crippen molar-refractivity contribution in [2.24, 2.45) is 0 Å². The first-order chi connectivity index (χ1) is 31.9. The molecule has 18 heteroatoms. The van der Waals surface area contributed by atoms with Gasteiger partial charge in [0.15, 0.2) is 0 Å². The number of aliphatic carboxylic acids is 1. The smallest absolute Gasteiger partial charge is 0.870 e. The van der Waals surface area contributed by atoms with Crippen molar-refractivity contribution in [3.63, 3.8) is 0 Å². The fourth-order valence-electron chi connectivity index (χ4n) is 7.64. The minimum absolute atomic E-state index is 0. The summed E-state index contributed by atoms with van der Waals surface area (Å²) in [5.74, 6) is 5.19. The molecule has 2 atom stereocenters. The Morgan fingerprint density at radius 3 is 1.33 bits per heavy atom. The first kappa shape index (κ1) is 56.5. The van der Waals surface area contributed by atoms with Crippen LogP contribution in [0, 0.1) is 38.5 Å². The first-order valence-electron chi connectivity index (χ1n) is 21.0. The van der Waals surface area contributed by atoms with Gasteiger partial charge in [0.05, 0.1) is 68.4 Å². The van der Waals surface area contributed by atoms with Gasteiger partial charge in [0, 0.05) is 45.0 Å². The molecule has 6 rings (SSSR count). The molecular weight excluding hydrogens is 916 g/mol. The molecule has 4 N–H and O–H groups in total. The van der Waals surface area contributed by atoms with Gasteiger partial charge in [0.1, 0.15) is 11.5 Å². The number of nitrogens with zero attached hydrogens (tertiary/aromatic N) is 2. The number of carbonyl (C=O) groups excluding carboxylic acids is 1. The molecule has 0 amide bonds. The Kier molecular flexibility index (Phi) is 20.4. The minimum atomic E-state index is -3.86. The van der Waals surface area contributed by atoms with Gasteiger partial charge in [-0.2, -0.15) is 0 Å². The van der Waals surface area contributed by atoms with Gasteiger partial charge in [-0.25, -0.2) is 16.8 Å². The van der Waals surface area contributed by atoms with Crippen molar-refractivity contribution in [2.45, 2.75) is 62.4 Å². The summed E-state index contributed by atoms with van der Waals surface area (Å²) < 4.78 is 73.1. The van der Waals surface area contributed by atoms with Crippen LogP contribution in [0.1, 0.15) is 37.8 Å². The maximum atomic E-state index is 13.1. The van der Waals surface area contributed by atoms with Gasteiger partial charge in [0.25, 0.3) is 20.0 Å². The Bertz CT molecular complexity index is 3100. The van der Waals surface area contributed by atoms with E-state index < -0.39 is 26.0 Å². The Hall–Kier alpha value is -6.84. The van der Waals surface area contributed by atoms with E-state index in [0.717, 1.165) is 27.7 Å². The molecule has 0 aliphatic carbocycles. The summed E-state index contributed by atoms with van der Waals surface area (Å²) in [5, 5.41) is 12.2. The summed E-state index contributed by atoms with van der Waals surface area (Å²) in [7, 11) is -3.28. The zero-order valence-corrected chi connectivity index (χ0v) is 41.4. The van der Waals surface area contributed by atoms with Gasteiger partial charge in [-0.1, -0.05) is 60.4 Å². The predicted molar refractivity (Wildman–Crippen MR) is 267 cm³/mol. The van der Waals surface area contributed by atoms with Crippen LogP contribution in [-0.4, -0.2) is 85.9 Å². The monoisotopic (exact) mass is 970 g/mol. The third kappa shape index (κ3) is 13.7. The molecule has 0 fully saturated rings. The Balaban J connectivity index is 0.000000355. The fraction of sp³-hybridized carbons (Fsp3) is 0.255. The molecule has 69 heavy (non-hydrogen) atoms. The molecule has 0 saturated heterocycles.